The minimum atomic E-state index is 0.825. The number of hydrogen-bond acceptors (Lipinski definition) is 3. The lowest BCUT2D eigenvalue weighted by Gasteiger charge is -2.17. The summed E-state index contributed by atoms with van der Waals surface area (Å²) >= 11 is 0. The van der Waals surface area contributed by atoms with Gasteiger partial charge in [-0.15, -0.1) is 0 Å². The second-order valence-electron chi connectivity index (χ2n) is 4.72. The number of hydrogen-bond donors (Lipinski definition) is 0. The monoisotopic (exact) mass is 251 g/mol. The summed E-state index contributed by atoms with van der Waals surface area (Å²) in [6, 6.07) is 10.3. The molecular formula is C15H13N3O. The zero-order valence-electron chi connectivity index (χ0n) is 10.4. The smallest absolute Gasteiger partial charge is 0.153 e. The predicted octanol–water partition coefficient (Wildman–Crippen LogP) is 2.72. The lowest BCUT2D eigenvalue weighted by molar-refractivity contribution is 0.288. The molecule has 0 aliphatic carbocycles. The Morgan fingerprint density at radius 2 is 2.16 bits per heavy atom. The van der Waals surface area contributed by atoms with Gasteiger partial charge in [0, 0.05) is 18.0 Å². The molecule has 94 valence electrons. The molecule has 3 aromatic rings. The second-order valence-corrected chi connectivity index (χ2v) is 4.72. The highest BCUT2D eigenvalue weighted by atomic mass is 16.5. The van der Waals surface area contributed by atoms with Crippen LogP contribution in [0.1, 0.15) is 12.0 Å². The van der Waals surface area contributed by atoms with E-state index in [1.807, 2.05) is 24.4 Å². The van der Waals surface area contributed by atoms with Crippen LogP contribution in [0.3, 0.4) is 0 Å². The van der Waals surface area contributed by atoms with Crippen molar-refractivity contribution in [2.45, 2.75) is 12.8 Å². The number of imidazole rings is 1. The molecule has 2 aromatic heterocycles. The first kappa shape index (κ1) is 10.6. The predicted molar refractivity (Wildman–Crippen MR) is 72.2 cm³/mol. The number of aromatic nitrogens is 3. The molecule has 4 rings (SSSR count). The fourth-order valence-corrected chi connectivity index (χ4v) is 2.49. The standard InChI is InChI=1S/C15H13N3O/c1-2-12-10-11(3-5-14(12)19-9-1)13-4-6-15-16-7-8-18(15)17-13/h3-8,10H,1-2,9H2. The molecule has 3 heterocycles. The van der Waals surface area contributed by atoms with Crippen LogP contribution in [-0.2, 0) is 6.42 Å². The maximum absolute atomic E-state index is 5.64. The van der Waals surface area contributed by atoms with Gasteiger partial charge in [0.1, 0.15) is 5.75 Å². The molecule has 0 unspecified atom stereocenters. The molecule has 0 fully saturated rings. The van der Waals surface area contributed by atoms with Crippen molar-refractivity contribution in [2.75, 3.05) is 6.61 Å². The fraction of sp³-hybridized carbons (Fsp3) is 0.200. The van der Waals surface area contributed by atoms with Crippen molar-refractivity contribution in [3.63, 3.8) is 0 Å². The van der Waals surface area contributed by atoms with Crippen molar-refractivity contribution < 1.29 is 4.74 Å². The molecular weight excluding hydrogens is 238 g/mol. The minimum absolute atomic E-state index is 0.825. The average molecular weight is 251 g/mol. The number of rotatable bonds is 1. The molecule has 4 nitrogen and oxygen atoms in total. The number of aryl methyl sites for hydroxylation is 1. The molecule has 4 heteroatoms. The first-order valence-electron chi connectivity index (χ1n) is 6.47. The summed E-state index contributed by atoms with van der Waals surface area (Å²) in [4.78, 5) is 4.20. The Bertz CT molecular complexity index is 748. The van der Waals surface area contributed by atoms with Crippen molar-refractivity contribution in [1.29, 1.82) is 0 Å². The van der Waals surface area contributed by atoms with Gasteiger partial charge in [-0.3, -0.25) is 0 Å². The molecule has 1 aliphatic heterocycles. The molecule has 0 spiro atoms. The van der Waals surface area contributed by atoms with Gasteiger partial charge >= 0.3 is 0 Å². The minimum Gasteiger partial charge on any atom is -0.493 e. The van der Waals surface area contributed by atoms with Crippen LogP contribution in [0.25, 0.3) is 16.9 Å². The summed E-state index contributed by atoms with van der Waals surface area (Å²) in [5.41, 5.74) is 4.22. The molecule has 1 aliphatic rings. The van der Waals surface area contributed by atoms with Crippen LogP contribution in [0, 0.1) is 0 Å². The zero-order valence-corrected chi connectivity index (χ0v) is 10.4. The van der Waals surface area contributed by atoms with Gasteiger partial charge in [-0.2, -0.15) is 5.10 Å². The average Bonchev–Trinajstić information content (AvgIpc) is 2.94. The van der Waals surface area contributed by atoms with Gasteiger partial charge in [0.2, 0.25) is 0 Å². The normalized spacial score (nSPS) is 14.1. The van der Waals surface area contributed by atoms with Gasteiger partial charge in [0.25, 0.3) is 0 Å². The van der Waals surface area contributed by atoms with Crippen molar-refractivity contribution >= 4 is 5.65 Å². The van der Waals surface area contributed by atoms with Gasteiger partial charge in [0.05, 0.1) is 12.3 Å². The molecule has 1 aromatic carbocycles. The van der Waals surface area contributed by atoms with Gasteiger partial charge in [-0.25, -0.2) is 9.50 Å². The molecule has 0 bridgehead atoms. The van der Waals surface area contributed by atoms with Gasteiger partial charge in [-0.1, -0.05) is 0 Å². The van der Waals surface area contributed by atoms with E-state index in [4.69, 9.17) is 4.74 Å². The summed E-state index contributed by atoms with van der Waals surface area (Å²) < 4.78 is 7.43. The third-order valence-corrected chi connectivity index (χ3v) is 3.46. The molecule has 0 saturated heterocycles. The summed E-state index contributed by atoms with van der Waals surface area (Å²) in [6.07, 6.45) is 5.79. The Balaban J connectivity index is 1.82. The topological polar surface area (TPSA) is 39.4 Å². The highest BCUT2D eigenvalue weighted by molar-refractivity contribution is 5.63. The van der Waals surface area contributed by atoms with E-state index in [1.54, 1.807) is 10.7 Å². The van der Waals surface area contributed by atoms with Crippen molar-refractivity contribution in [3.8, 4) is 17.0 Å². The van der Waals surface area contributed by atoms with E-state index in [0.29, 0.717) is 0 Å². The molecule has 0 N–H and O–H groups in total. The lowest BCUT2D eigenvalue weighted by Crippen LogP contribution is -2.08. The molecule has 19 heavy (non-hydrogen) atoms. The van der Waals surface area contributed by atoms with E-state index in [0.717, 1.165) is 42.1 Å². The van der Waals surface area contributed by atoms with Crippen molar-refractivity contribution in [3.05, 3.63) is 48.3 Å². The number of benzene rings is 1. The Hall–Kier alpha value is -2.36. The highest BCUT2D eigenvalue weighted by Gasteiger charge is 2.12. The summed E-state index contributed by atoms with van der Waals surface area (Å²) in [5, 5.41) is 4.57. The maximum atomic E-state index is 5.64. The van der Waals surface area contributed by atoms with Gasteiger partial charge in [0.15, 0.2) is 5.65 Å². The summed E-state index contributed by atoms with van der Waals surface area (Å²) in [5.74, 6) is 1.01. The van der Waals surface area contributed by atoms with E-state index in [9.17, 15) is 0 Å². The molecule has 0 radical (unpaired) electrons. The van der Waals surface area contributed by atoms with E-state index in [2.05, 4.69) is 22.2 Å². The Morgan fingerprint density at radius 3 is 3.16 bits per heavy atom. The SMILES string of the molecule is c1cn2nc(-c3ccc4c(c3)CCCO4)ccc2n1. The summed E-state index contributed by atoms with van der Waals surface area (Å²) in [7, 11) is 0. The van der Waals surface area contributed by atoms with Crippen LogP contribution < -0.4 is 4.74 Å². The van der Waals surface area contributed by atoms with Crippen LogP contribution in [-0.4, -0.2) is 21.2 Å². The van der Waals surface area contributed by atoms with Crippen LogP contribution >= 0.6 is 0 Å². The lowest BCUT2D eigenvalue weighted by atomic mass is 10.0. The third kappa shape index (κ3) is 1.76. The second kappa shape index (κ2) is 4.09. The van der Waals surface area contributed by atoms with E-state index >= 15 is 0 Å². The van der Waals surface area contributed by atoms with Gasteiger partial charge < -0.3 is 4.74 Å². The van der Waals surface area contributed by atoms with Crippen LogP contribution in [0.5, 0.6) is 5.75 Å². The number of ether oxygens (including phenoxy) is 1. The van der Waals surface area contributed by atoms with E-state index in [1.165, 1.54) is 5.56 Å². The maximum Gasteiger partial charge on any atom is 0.153 e. The quantitative estimate of drug-likeness (QED) is 0.667. The molecule has 0 amide bonds. The molecule has 0 atom stereocenters. The number of nitrogens with zero attached hydrogens (tertiary/aromatic N) is 3. The van der Waals surface area contributed by atoms with Crippen LogP contribution in [0.4, 0.5) is 0 Å². The molecule has 0 saturated carbocycles. The van der Waals surface area contributed by atoms with E-state index in [-0.39, 0.29) is 0 Å². The fourth-order valence-electron chi connectivity index (χ4n) is 2.49. The Morgan fingerprint density at radius 1 is 1.16 bits per heavy atom. The Labute approximate surface area is 110 Å². The Kier molecular flexibility index (Phi) is 2.27. The zero-order chi connectivity index (χ0) is 12.7. The first-order chi connectivity index (χ1) is 9.40. The summed E-state index contributed by atoms with van der Waals surface area (Å²) in [6.45, 7) is 0.825. The van der Waals surface area contributed by atoms with Crippen molar-refractivity contribution in [2.24, 2.45) is 0 Å². The first-order valence-corrected chi connectivity index (χ1v) is 6.47. The van der Waals surface area contributed by atoms with Crippen LogP contribution in [0.15, 0.2) is 42.7 Å². The van der Waals surface area contributed by atoms with E-state index < -0.39 is 0 Å². The van der Waals surface area contributed by atoms with Gasteiger partial charge in [-0.05, 0) is 48.7 Å². The third-order valence-electron chi connectivity index (χ3n) is 3.46. The number of fused-ring (bicyclic) bond motifs is 2. The van der Waals surface area contributed by atoms with Crippen molar-refractivity contribution in [1.82, 2.24) is 14.6 Å². The largest absolute Gasteiger partial charge is 0.493 e. The highest BCUT2D eigenvalue weighted by Crippen LogP contribution is 2.29. The van der Waals surface area contributed by atoms with Crippen LogP contribution in [0.2, 0.25) is 0 Å².